The fourth-order valence-electron chi connectivity index (χ4n) is 2.19. The van der Waals surface area contributed by atoms with E-state index in [0.29, 0.717) is 17.5 Å². The Morgan fingerprint density at radius 2 is 1.86 bits per heavy atom. The number of nitrogens with zero attached hydrogens (tertiary/aromatic N) is 4. The minimum absolute atomic E-state index is 0.0934. The molecular weight excluding hydrogens is 294 g/mol. The van der Waals surface area contributed by atoms with Gasteiger partial charge >= 0.3 is 17.4 Å². The lowest BCUT2D eigenvalue weighted by atomic mass is 10.1. The maximum atomic E-state index is 11.4. The monoisotopic (exact) mass is 307 g/mol. The molecule has 0 aliphatic heterocycles. The molecule has 0 saturated carbocycles. The molecule has 10 heteroatoms. The molecule has 1 aromatic carbocycles. The Balaban J connectivity index is 2.79. The first-order chi connectivity index (χ1) is 10.4. The molecule has 0 bridgehead atoms. The van der Waals surface area contributed by atoms with Crippen LogP contribution in [-0.2, 0) is 6.42 Å². The number of rotatable bonds is 5. The molecule has 0 fully saturated rings. The lowest BCUT2D eigenvalue weighted by Gasteiger charge is -1.98. The lowest BCUT2D eigenvalue weighted by Crippen LogP contribution is -2.20. The van der Waals surface area contributed by atoms with E-state index in [9.17, 15) is 25.0 Å². The molecule has 10 nitrogen and oxygen atoms in total. The number of nitro benzene ring substituents is 2. The van der Waals surface area contributed by atoms with Crippen LogP contribution in [0.15, 0.2) is 12.1 Å². The van der Waals surface area contributed by atoms with E-state index in [1.54, 1.807) is 0 Å². The number of aromatic nitrogens is 2. The molecule has 2 rings (SSSR count). The van der Waals surface area contributed by atoms with Crippen LogP contribution in [0.3, 0.4) is 0 Å². The van der Waals surface area contributed by atoms with E-state index in [2.05, 4.69) is 5.10 Å². The van der Waals surface area contributed by atoms with Gasteiger partial charge in [-0.2, -0.15) is 9.78 Å². The van der Waals surface area contributed by atoms with Gasteiger partial charge < -0.3 is 5.73 Å². The number of carbonyl (C=O) groups is 1. The standard InChI is InChI=1S/C12H13N5O5/c1-2-3-4-8-7-5-10(16(19)20)11(17(21)22)6-9(7)15(14-8)12(13)18/h5-6H,2-4H2,1H3,(H2,13,18). The van der Waals surface area contributed by atoms with Crippen molar-refractivity contribution in [2.24, 2.45) is 5.73 Å². The number of unbranched alkanes of at least 4 members (excludes halogenated alkanes) is 1. The average molecular weight is 307 g/mol. The van der Waals surface area contributed by atoms with Gasteiger partial charge in [0.2, 0.25) is 0 Å². The van der Waals surface area contributed by atoms with Crippen LogP contribution in [0.25, 0.3) is 10.9 Å². The van der Waals surface area contributed by atoms with Gasteiger partial charge in [0, 0.05) is 11.5 Å². The normalized spacial score (nSPS) is 10.8. The molecule has 0 atom stereocenters. The van der Waals surface area contributed by atoms with Gasteiger partial charge in [0.25, 0.3) is 0 Å². The molecule has 0 saturated heterocycles. The Morgan fingerprint density at radius 1 is 1.27 bits per heavy atom. The molecule has 2 N–H and O–H groups in total. The van der Waals surface area contributed by atoms with Crippen molar-refractivity contribution in [3.8, 4) is 0 Å². The minimum atomic E-state index is -0.907. The Kier molecular flexibility index (Phi) is 4.02. The number of fused-ring (bicyclic) bond motifs is 1. The SMILES string of the molecule is CCCCc1nn(C(N)=O)c2cc([N+](=O)[O-])c([N+](=O)[O-])cc12. The summed E-state index contributed by atoms with van der Waals surface area (Å²) in [4.78, 5) is 31.7. The molecule has 116 valence electrons. The first-order valence-corrected chi connectivity index (χ1v) is 6.51. The smallest absolute Gasteiger partial charge is 0.348 e. The third-order valence-electron chi connectivity index (χ3n) is 3.22. The number of hydrogen-bond acceptors (Lipinski definition) is 6. The second-order valence-electron chi connectivity index (χ2n) is 4.67. The molecule has 22 heavy (non-hydrogen) atoms. The molecule has 1 heterocycles. The van der Waals surface area contributed by atoms with Crippen molar-refractivity contribution in [2.45, 2.75) is 26.2 Å². The zero-order chi connectivity index (χ0) is 16.4. The van der Waals surface area contributed by atoms with Crippen LogP contribution in [0.5, 0.6) is 0 Å². The summed E-state index contributed by atoms with van der Waals surface area (Å²) in [5.74, 6) is 0. The van der Waals surface area contributed by atoms with Gasteiger partial charge in [-0.3, -0.25) is 20.2 Å². The van der Waals surface area contributed by atoms with Gasteiger partial charge in [0.1, 0.15) is 0 Å². The summed E-state index contributed by atoms with van der Waals surface area (Å²) >= 11 is 0. The van der Waals surface area contributed by atoms with Gasteiger partial charge in [-0.1, -0.05) is 13.3 Å². The molecule has 0 unspecified atom stereocenters. The third-order valence-corrected chi connectivity index (χ3v) is 3.22. The topological polar surface area (TPSA) is 147 Å². The van der Waals surface area contributed by atoms with Crippen molar-refractivity contribution in [3.05, 3.63) is 38.1 Å². The number of primary amides is 1. The molecular formula is C12H13N5O5. The van der Waals surface area contributed by atoms with Crippen LogP contribution in [0.4, 0.5) is 16.2 Å². The highest BCUT2D eigenvalue weighted by atomic mass is 16.6. The van der Waals surface area contributed by atoms with Crippen LogP contribution in [-0.4, -0.2) is 25.7 Å². The van der Waals surface area contributed by atoms with E-state index in [4.69, 9.17) is 5.73 Å². The van der Waals surface area contributed by atoms with Crippen molar-refractivity contribution in [3.63, 3.8) is 0 Å². The van der Waals surface area contributed by atoms with Crippen LogP contribution in [0.2, 0.25) is 0 Å². The van der Waals surface area contributed by atoms with Crippen molar-refractivity contribution in [1.82, 2.24) is 9.78 Å². The van der Waals surface area contributed by atoms with Crippen LogP contribution < -0.4 is 5.73 Å². The molecule has 2 aromatic rings. The van der Waals surface area contributed by atoms with Gasteiger partial charge in [0.05, 0.1) is 27.1 Å². The fourth-order valence-corrected chi connectivity index (χ4v) is 2.19. The first kappa shape index (κ1) is 15.4. The zero-order valence-electron chi connectivity index (χ0n) is 11.7. The van der Waals surface area contributed by atoms with Crippen LogP contribution >= 0.6 is 0 Å². The molecule has 1 aromatic heterocycles. The van der Waals surface area contributed by atoms with Gasteiger partial charge in [0.15, 0.2) is 0 Å². The van der Waals surface area contributed by atoms with E-state index in [-0.39, 0.29) is 5.52 Å². The number of nitro groups is 2. The third kappa shape index (κ3) is 2.57. The Morgan fingerprint density at radius 3 is 2.36 bits per heavy atom. The van der Waals surface area contributed by atoms with Crippen LogP contribution in [0, 0.1) is 20.2 Å². The predicted molar refractivity (Wildman–Crippen MR) is 76.6 cm³/mol. The molecule has 1 amide bonds. The number of amides is 1. The highest BCUT2D eigenvalue weighted by Gasteiger charge is 2.28. The summed E-state index contributed by atoms with van der Waals surface area (Å²) in [6.07, 6.45) is 2.11. The first-order valence-electron chi connectivity index (χ1n) is 6.51. The zero-order valence-corrected chi connectivity index (χ0v) is 11.7. The van der Waals surface area contributed by atoms with Crippen molar-refractivity contribution >= 4 is 28.3 Å². The van der Waals surface area contributed by atoms with Gasteiger partial charge in [-0.05, 0) is 12.8 Å². The van der Waals surface area contributed by atoms with E-state index in [1.807, 2.05) is 6.92 Å². The minimum Gasteiger partial charge on any atom is -0.350 e. The second kappa shape index (κ2) is 5.76. The molecule has 0 radical (unpaired) electrons. The highest BCUT2D eigenvalue weighted by molar-refractivity contribution is 5.94. The summed E-state index contributed by atoms with van der Waals surface area (Å²) in [7, 11) is 0. The Hall–Kier alpha value is -3.04. The van der Waals surface area contributed by atoms with Gasteiger partial charge in [-0.25, -0.2) is 4.79 Å². The maximum Gasteiger partial charge on any atom is 0.348 e. The number of benzene rings is 1. The number of aryl methyl sites for hydroxylation is 1. The highest BCUT2D eigenvalue weighted by Crippen LogP contribution is 2.33. The van der Waals surface area contributed by atoms with Crippen molar-refractivity contribution < 1.29 is 14.6 Å². The summed E-state index contributed by atoms with van der Waals surface area (Å²) in [6, 6.07) is 1.13. The van der Waals surface area contributed by atoms with E-state index < -0.39 is 27.3 Å². The quantitative estimate of drug-likeness (QED) is 0.660. The number of nitrogens with two attached hydrogens (primary N) is 1. The average Bonchev–Trinajstić information content (AvgIpc) is 2.81. The fraction of sp³-hybridized carbons (Fsp3) is 0.333. The molecule has 0 spiro atoms. The van der Waals surface area contributed by atoms with E-state index in [0.717, 1.165) is 29.7 Å². The summed E-state index contributed by atoms with van der Waals surface area (Å²) < 4.78 is 0.830. The summed E-state index contributed by atoms with van der Waals surface area (Å²) in [5.41, 5.74) is 4.40. The summed E-state index contributed by atoms with van der Waals surface area (Å²) in [6.45, 7) is 1.96. The molecule has 0 aliphatic rings. The predicted octanol–water partition coefficient (Wildman–Crippen LogP) is 2.12. The van der Waals surface area contributed by atoms with Crippen LogP contribution in [0.1, 0.15) is 25.5 Å². The van der Waals surface area contributed by atoms with Gasteiger partial charge in [-0.15, -0.1) is 0 Å². The van der Waals surface area contributed by atoms with E-state index in [1.165, 1.54) is 0 Å². The van der Waals surface area contributed by atoms with E-state index >= 15 is 0 Å². The number of hydrogen-bond donors (Lipinski definition) is 1. The molecule has 0 aliphatic carbocycles. The lowest BCUT2D eigenvalue weighted by molar-refractivity contribution is -0.422. The second-order valence-corrected chi connectivity index (χ2v) is 4.67. The Bertz CT molecular complexity index is 782. The van der Waals surface area contributed by atoms with Crippen molar-refractivity contribution in [1.29, 1.82) is 0 Å². The van der Waals surface area contributed by atoms with Crippen molar-refractivity contribution in [2.75, 3.05) is 0 Å². The summed E-state index contributed by atoms with van der Waals surface area (Å²) in [5, 5.41) is 26.4. The number of carbonyl (C=O) groups excluding carboxylic acids is 1. The maximum absolute atomic E-state index is 11.4. The largest absolute Gasteiger partial charge is 0.350 e. The Labute approximate surface area is 123 Å².